The van der Waals surface area contributed by atoms with Crippen LogP contribution in [0.1, 0.15) is 78.5 Å². The molecule has 1 fully saturated rings. The normalized spacial score (nSPS) is 13.8. The van der Waals surface area contributed by atoms with E-state index in [2.05, 4.69) is 25.8 Å². The number of aromatic nitrogens is 4. The van der Waals surface area contributed by atoms with E-state index < -0.39 is 46.7 Å². The minimum atomic E-state index is -1.32. The predicted molar refractivity (Wildman–Crippen MR) is 140 cm³/mol. The Kier molecular flexibility index (Phi) is 8.49. The lowest BCUT2D eigenvalue weighted by molar-refractivity contribution is -0.165. The van der Waals surface area contributed by atoms with E-state index in [1.807, 2.05) is 0 Å². The number of hydrogen-bond acceptors (Lipinski definition) is 10. The smallest absolute Gasteiger partial charge is 0.312 e. The van der Waals surface area contributed by atoms with Gasteiger partial charge in [-0.3, -0.25) is 23.7 Å². The third kappa shape index (κ3) is 6.94. The standard InChI is InChI=1S/C27H31FN6O7/c1-6-18(41-25(38)16-9-10-16)40-20-19(21(35)29-13-15-7-11-17(28)12-8-15)30-26(34(5)24(20)37)27(3,4)31-22(36)23-33-32-14(2)39-23/h7-8,11-12,16,18H,6,9-10,13H2,1-5H3,(H,29,35)(H,31,36). The van der Waals surface area contributed by atoms with Crippen molar-refractivity contribution in [3.8, 4) is 5.75 Å². The molecule has 0 aliphatic heterocycles. The number of aryl methyl sites for hydroxylation is 1. The number of ether oxygens (including phenoxy) is 2. The average Bonchev–Trinajstić information content (AvgIpc) is 3.69. The summed E-state index contributed by atoms with van der Waals surface area (Å²) in [4.78, 5) is 56.5. The van der Waals surface area contributed by atoms with E-state index in [9.17, 15) is 23.6 Å². The van der Waals surface area contributed by atoms with E-state index in [4.69, 9.17) is 13.9 Å². The largest absolute Gasteiger partial charge is 0.446 e. The Bertz CT molecular complexity index is 1510. The SMILES string of the molecule is CCC(OC(=O)C1CC1)Oc1c(C(=O)NCc2ccc(F)cc2)nc(C(C)(C)NC(=O)c2nnc(C)o2)n(C)c1=O. The van der Waals surface area contributed by atoms with Crippen molar-refractivity contribution < 1.29 is 32.7 Å². The van der Waals surface area contributed by atoms with Crippen molar-refractivity contribution in [3.63, 3.8) is 0 Å². The molecule has 2 N–H and O–H groups in total. The van der Waals surface area contributed by atoms with Crippen molar-refractivity contribution in [1.29, 1.82) is 0 Å². The van der Waals surface area contributed by atoms with Crippen LogP contribution in [0.3, 0.4) is 0 Å². The monoisotopic (exact) mass is 570 g/mol. The van der Waals surface area contributed by atoms with Crippen LogP contribution in [-0.4, -0.2) is 43.8 Å². The zero-order valence-electron chi connectivity index (χ0n) is 23.3. The molecule has 1 aromatic carbocycles. The lowest BCUT2D eigenvalue weighted by Gasteiger charge is -2.28. The number of nitrogens with one attached hydrogen (secondary N) is 2. The maximum Gasteiger partial charge on any atom is 0.312 e. The van der Waals surface area contributed by atoms with Gasteiger partial charge in [-0.15, -0.1) is 10.2 Å². The van der Waals surface area contributed by atoms with Crippen molar-refractivity contribution >= 4 is 17.8 Å². The Morgan fingerprint density at radius 1 is 1.17 bits per heavy atom. The van der Waals surface area contributed by atoms with Crippen molar-refractivity contribution in [2.75, 3.05) is 0 Å². The van der Waals surface area contributed by atoms with E-state index in [0.29, 0.717) is 18.4 Å². The lowest BCUT2D eigenvalue weighted by atomic mass is 10.0. The first-order valence-corrected chi connectivity index (χ1v) is 13.0. The average molecular weight is 571 g/mol. The molecule has 4 rings (SSSR count). The molecule has 0 radical (unpaired) electrons. The summed E-state index contributed by atoms with van der Waals surface area (Å²) in [5, 5.41) is 12.7. The van der Waals surface area contributed by atoms with Gasteiger partial charge in [0, 0.05) is 26.9 Å². The molecule has 1 aliphatic carbocycles. The van der Waals surface area contributed by atoms with Gasteiger partial charge in [0.05, 0.1) is 11.5 Å². The summed E-state index contributed by atoms with van der Waals surface area (Å²) in [5.74, 6) is -3.10. The molecule has 2 aromatic heterocycles. The van der Waals surface area contributed by atoms with Crippen LogP contribution in [0, 0.1) is 18.7 Å². The number of hydrogen-bond donors (Lipinski definition) is 2. The number of carbonyl (C=O) groups is 3. The van der Waals surface area contributed by atoms with Crippen LogP contribution in [0.5, 0.6) is 5.75 Å². The van der Waals surface area contributed by atoms with E-state index in [0.717, 1.165) is 4.57 Å². The van der Waals surface area contributed by atoms with Gasteiger partial charge in [-0.2, -0.15) is 0 Å². The molecule has 218 valence electrons. The summed E-state index contributed by atoms with van der Waals surface area (Å²) in [6.45, 7) is 6.37. The molecule has 0 saturated heterocycles. The molecule has 1 saturated carbocycles. The first kappa shape index (κ1) is 29.4. The highest BCUT2D eigenvalue weighted by Gasteiger charge is 2.36. The number of nitrogens with zero attached hydrogens (tertiary/aromatic N) is 4. The Balaban J connectivity index is 1.68. The number of halogens is 1. The molecule has 1 atom stereocenters. The fourth-order valence-corrected chi connectivity index (χ4v) is 3.92. The van der Waals surface area contributed by atoms with Crippen LogP contribution < -0.4 is 20.9 Å². The second-order valence-electron chi connectivity index (χ2n) is 10.2. The van der Waals surface area contributed by atoms with Gasteiger partial charge in [0.1, 0.15) is 11.6 Å². The minimum Gasteiger partial charge on any atom is -0.446 e. The molecule has 13 nitrogen and oxygen atoms in total. The molecular weight excluding hydrogens is 539 g/mol. The Labute approximate surface area is 234 Å². The molecule has 1 unspecified atom stereocenters. The maximum atomic E-state index is 13.6. The van der Waals surface area contributed by atoms with Crippen molar-refractivity contribution in [3.05, 3.63) is 69.3 Å². The topological polar surface area (TPSA) is 168 Å². The summed E-state index contributed by atoms with van der Waals surface area (Å²) in [7, 11) is 1.40. The van der Waals surface area contributed by atoms with Gasteiger partial charge < -0.3 is 24.5 Å². The summed E-state index contributed by atoms with van der Waals surface area (Å²) >= 11 is 0. The summed E-state index contributed by atoms with van der Waals surface area (Å²) in [6, 6.07) is 5.50. The Morgan fingerprint density at radius 3 is 2.44 bits per heavy atom. The fourth-order valence-electron chi connectivity index (χ4n) is 3.92. The van der Waals surface area contributed by atoms with Crippen molar-refractivity contribution in [2.45, 2.75) is 65.3 Å². The van der Waals surface area contributed by atoms with E-state index in [1.54, 1.807) is 20.8 Å². The molecular formula is C27H31FN6O7. The third-order valence-electron chi connectivity index (χ3n) is 6.28. The highest BCUT2D eigenvalue weighted by Crippen LogP contribution is 2.31. The van der Waals surface area contributed by atoms with Gasteiger partial charge in [-0.1, -0.05) is 19.1 Å². The molecule has 3 aromatic rings. The third-order valence-corrected chi connectivity index (χ3v) is 6.28. The van der Waals surface area contributed by atoms with Crippen molar-refractivity contribution in [1.82, 2.24) is 30.4 Å². The lowest BCUT2D eigenvalue weighted by Crippen LogP contribution is -2.46. The molecule has 2 heterocycles. The second-order valence-corrected chi connectivity index (χ2v) is 10.2. The second kappa shape index (κ2) is 11.9. The number of carbonyl (C=O) groups excluding carboxylic acids is 3. The van der Waals surface area contributed by atoms with Crippen LogP contribution in [0.15, 0.2) is 33.5 Å². The molecule has 41 heavy (non-hydrogen) atoms. The van der Waals surface area contributed by atoms with E-state index in [1.165, 1.54) is 38.2 Å². The minimum absolute atomic E-state index is 0.00467. The van der Waals surface area contributed by atoms with E-state index >= 15 is 0 Å². The highest BCUT2D eigenvalue weighted by atomic mass is 19.1. The van der Waals surface area contributed by atoms with Gasteiger partial charge in [-0.25, -0.2) is 9.37 Å². The Morgan fingerprint density at radius 2 is 1.85 bits per heavy atom. The fraction of sp³-hybridized carbons (Fsp3) is 0.444. The predicted octanol–water partition coefficient (Wildman–Crippen LogP) is 2.27. The zero-order valence-corrected chi connectivity index (χ0v) is 23.3. The Hall–Kier alpha value is -4.62. The van der Waals surface area contributed by atoms with Crippen molar-refractivity contribution in [2.24, 2.45) is 13.0 Å². The number of rotatable bonds is 11. The molecule has 14 heteroatoms. The summed E-state index contributed by atoms with van der Waals surface area (Å²) < 4.78 is 30.8. The van der Waals surface area contributed by atoms with Gasteiger partial charge in [0.25, 0.3) is 11.5 Å². The van der Waals surface area contributed by atoms with Gasteiger partial charge >= 0.3 is 17.8 Å². The van der Waals surface area contributed by atoms with Crippen LogP contribution in [0.4, 0.5) is 4.39 Å². The summed E-state index contributed by atoms with van der Waals surface area (Å²) in [5.41, 5.74) is -1.86. The van der Waals surface area contributed by atoms with Gasteiger partial charge in [0.2, 0.25) is 17.9 Å². The van der Waals surface area contributed by atoms with E-state index in [-0.39, 0.29) is 42.2 Å². The number of amides is 2. The molecule has 1 aliphatic rings. The molecule has 2 amide bonds. The first-order chi connectivity index (χ1) is 19.4. The van der Waals surface area contributed by atoms with Crippen LogP contribution in [0.25, 0.3) is 0 Å². The van der Waals surface area contributed by atoms with Crippen LogP contribution in [0.2, 0.25) is 0 Å². The van der Waals surface area contributed by atoms with Crippen LogP contribution in [-0.2, 0) is 28.7 Å². The van der Waals surface area contributed by atoms with Gasteiger partial charge in [-0.05, 0) is 44.4 Å². The quantitative estimate of drug-likeness (QED) is 0.258. The highest BCUT2D eigenvalue weighted by molar-refractivity contribution is 5.95. The first-order valence-electron chi connectivity index (χ1n) is 13.0. The molecule has 0 spiro atoms. The molecule has 0 bridgehead atoms. The van der Waals surface area contributed by atoms with Crippen LogP contribution >= 0.6 is 0 Å². The van der Waals surface area contributed by atoms with Gasteiger partial charge in [0.15, 0.2) is 5.69 Å². The number of esters is 1. The number of benzene rings is 1. The zero-order chi connectivity index (χ0) is 29.9. The summed E-state index contributed by atoms with van der Waals surface area (Å²) in [6.07, 6.45) is 0.494. The maximum absolute atomic E-state index is 13.6.